The summed E-state index contributed by atoms with van der Waals surface area (Å²) in [4.78, 5) is 14.3. The number of nitrogens with zero attached hydrogens (tertiary/aromatic N) is 1. The van der Waals surface area contributed by atoms with Gasteiger partial charge in [0.1, 0.15) is 0 Å². The fourth-order valence-electron chi connectivity index (χ4n) is 3.22. The standard InChI is InChI=1S/C12H18ClNO2/c13-6-11-7-16-2-1-14(11)12(15)10-4-8-3-9(8)5-10/h8-11H,1-7H2. The second kappa shape index (κ2) is 4.19. The number of amides is 1. The summed E-state index contributed by atoms with van der Waals surface area (Å²) in [6, 6.07) is 0.0971. The van der Waals surface area contributed by atoms with Crippen molar-refractivity contribution in [1.82, 2.24) is 4.90 Å². The molecule has 0 spiro atoms. The van der Waals surface area contributed by atoms with Crippen LogP contribution in [0.1, 0.15) is 19.3 Å². The topological polar surface area (TPSA) is 29.5 Å². The molecule has 3 nitrogen and oxygen atoms in total. The van der Waals surface area contributed by atoms with Crippen molar-refractivity contribution >= 4 is 17.5 Å². The molecule has 0 aromatic heterocycles. The first kappa shape index (κ1) is 10.8. The summed E-state index contributed by atoms with van der Waals surface area (Å²) in [5.41, 5.74) is 0. The molecule has 0 aromatic carbocycles. The fraction of sp³-hybridized carbons (Fsp3) is 0.917. The molecule has 16 heavy (non-hydrogen) atoms. The molecule has 3 fully saturated rings. The summed E-state index contributed by atoms with van der Waals surface area (Å²) in [5, 5.41) is 0. The van der Waals surface area contributed by atoms with Gasteiger partial charge in [-0.05, 0) is 31.1 Å². The number of hydrogen-bond donors (Lipinski definition) is 0. The van der Waals surface area contributed by atoms with E-state index in [2.05, 4.69) is 0 Å². The van der Waals surface area contributed by atoms with Crippen LogP contribution in [-0.4, -0.2) is 42.5 Å². The van der Waals surface area contributed by atoms with E-state index in [0.717, 1.165) is 31.2 Å². The molecular formula is C12H18ClNO2. The molecule has 2 aliphatic carbocycles. The van der Waals surface area contributed by atoms with Crippen LogP contribution in [0.5, 0.6) is 0 Å². The SMILES string of the molecule is O=C(C1CC2CC2C1)N1CCOCC1CCl. The Bertz CT molecular complexity index is 287. The Morgan fingerprint density at radius 1 is 1.31 bits per heavy atom. The molecule has 4 heteroatoms. The van der Waals surface area contributed by atoms with Crippen molar-refractivity contribution in [3.8, 4) is 0 Å². The van der Waals surface area contributed by atoms with Crippen LogP contribution in [-0.2, 0) is 9.53 Å². The maximum Gasteiger partial charge on any atom is 0.226 e. The third kappa shape index (κ3) is 1.84. The van der Waals surface area contributed by atoms with E-state index >= 15 is 0 Å². The van der Waals surface area contributed by atoms with E-state index in [1.54, 1.807) is 0 Å². The van der Waals surface area contributed by atoms with Crippen LogP contribution >= 0.6 is 11.6 Å². The predicted octanol–water partition coefficient (Wildman–Crippen LogP) is 1.50. The number of hydrogen-bond acceptors (Lipinski definition) is 2. The van der Waals surface area contributed by atoms with Gasteiger partial charge in [-0.2, -0.15) is 0 Å². The Hall–Kier alpha value is -0.280. The van der Waals surface area contributed by atoms with Crippen LogP contribution in [0.3, 0.4) is 0 Å². The Morgan fingerprint density at radius 2 is 2.06 bits per heavy atom. The lowest BCUT2D eigenvalue weighted by Gasteiger charge is -2.36. The zero-order chi connectivity index (χ0) is 11.1. The Morgan fingerprint density at radius 3 is 2.75 bits per heavy atom. The molecule has 90 valence electrons. The monoisotopic (exact) mass is 243 g/mol. The summed E-state index contributed by atoms with van der Waals surface area (Å²) in [6.45, 7) is 2.00. The lowest BCUT2D eigenvalue weighted by Crippen LogP contribution is -2.51. The van der Waals surface area contributed by atoms with E-state index in [0.29, 0.717) is 25.0 Å². The van der Waals surface area contributed by atoms with E-state index in [-0.39, 0.29) is 12.0 Å². The van der Waals surface area contributed by atoms with Gasteiger partial charge < -0.3 is 9.64 Å². The lowest BCUT2D eigenvalue weighted by atomic mass is 10.0. The average Bonchev–Trinajstić information content (AvgIpc) is 2.95. The van der Waals surface area contributed by atoms with Gasteiger partial charge in [0.15, 0.2) is 0 Å². The second-order valence-corrected chi connectivity index (χ2v) is 5.65. The van der Waals surface area contributed by atoms with Crippen LogP contribution in [0.4, 0.5) is 0 Å². The minimum Gasteiger partial charge on any atom is -0.377 e. The summed E-state index contributed by atoms with van der Waals surface area (Å²) in [7, 11) is 0. The molecule has 3 atom stereocenters. The van der Waals surface area contributed by atoms with E-state index in [1.165, 1.54) is 6.42 Å². The van der Waals surface area contributed by atoms with E-state index in [1.807, 2.05) is 4.90 Å². The van der Waals surface area contributed by atoms with Gasteiger partial charge in [0, 0.05) is 18.3 Å². The number of alkyl halides is 1. The van der Waals surface area contributed by atoms with Gasteiger partial charge in [0.05, 0.1) is 19.3 Å². The minimum absolute atomic E-state index is 0.0971. The molecule has 3 unspecified atom stereocenters. The quantitative estimate of drug-likeness (QED) is 0.688. The van der Waals surface area contributed by atoms with Crippen LogP contribution in [0.25, 0.3) is 0 Å². The van der Waals surface area contributed by atoms with Gasteiger partial charge in [0.25, 0.3) is 0 Å². The molecule has 3 rings (SSSR count). The zero-order valence-electron chi connectivity index (χ0n) is 9.40. The molecule has 1 saturated heterocycles. The Balaban J connectivity index is 1.63. The van der Waals surface area contributed by atoms with Crippen LogP contribution < -0.4 is 0 Å². The molecule has 1 aliphatic heterocycles. The van der Waals surface area contributed by atoms with E-state index in [9.17, 15) is 4.79 Å². The fourth-order valence-corrected chi connectivity index (χ4v) is 3.48. The summed E-state index contributed by atoms with van der Waals surface area (Å²) in [6.07, 6.45) is 3.61. The lowest BCUT2D eigenvalue weighted by molar-refractivity contribution is -0.143. The van der Waals surface area contributed by atoms with Gasteiger partial charge in [-0.3, -0.25) is 4.79 Å². The molecule has 0 N–H and O–H groups in total. The Labute approximate surface area is 101 Å². The van der Waals surface area contributed by atoms with Gasteiger partial charge in [-0.25, -0.2) is 0 Å². The highest BCUT2D eigenvalue weighted by Crippen LogP contribution is 2.54. The highest BCUT2D eigenvalue weighted by atomic mass is 35.5. The van der Waals surface area contributed by atoms with E-state index in [4.69, 9.17) is 16.3 Å². The normalized spacial score (nSPS) is 41.9. The van der Waals surface area contributed by atoms with Crippen molar-refractivity contribution in [2.24, 2.45) is 17.8 Å². The van der Waals surface area contributed by atoms with Crippen LogP contribution in [0.15, 0.2) is 0 Å². The largest absolute Gasteiger partial charge is 0.377 e. The number of rotatable bonds is 2. The number of fused-ring (bicyclic) bond motifs is 1. The minimum atomic E-state index is 0.0971. The summed E-state index contributed by atoms with van der Waals surface area (Å²) < 4.78 is 5.37. The number of carbonyl (C=O) groups is 1. The van der Waals surface area contributed by atoms with Crippen molar-refractivity contribution in [3.63, 3.8) is 0 Å². The summed E-state index contributed by atoms with van der Waals surface area (Å²) in [5.74, 6) is 2.84. The van der Waals surface area contributed by atoms with Crippen molar-refractivity contribution in [2.75, 3.05) is 25.6 Å². The second-order valence-electron chi connectivity index (χ2n) is 5.34. The molecule has 3 aliphatic rings. The molecular weight excluding hydrogens is 226 g/mol. The number of carbonyl (C=O) groups excluding carboxylic acids is 1. The molecule has 2 saturated carbocycles. The molecule has 1 amide bonds. The first-order valence-corrected chi connectivity index (χ1v) is 6.77. The van der Waals surface area contributed by atoms with Crippen molar-refractivity contribution in [1.29, 1.82) is 0 Å². The number of morpholine rings is 1. The third-order valence-corrected chi connectivity index (χ3v) is 4.64. The predicted molar refractivity (Wildman–Crippen MR) is 61.4 cm³/mol. The first-order chi connectivity index (χ1) is 7.79. The maximum absolute atomic E-state index is 12.3. The van der Waals surface area contributed by atoms with Gasteiger partial charge >= 0.3 is 0 Å². The first-order valence-electron chi connectivity index (χ1n) is 6.23. The Kier molecular flexibility index (Phi) is 2.84. The number of halogens is 1. The summed E-state index contributed by atoms with van der Waals surface area (Å²) >= 11 is 5.89. The highest BCUT2D eigenvalue weighted by molar-refractivity contribution is 6.18. The van der Waals surface area contributed by atoms with Gasteiger partial charge in [-0.15, -0.1) is 11.6 Å². The highest BCUT2D eigenvalue weighted by Gasteiger charge is 2.49. The molecule has 0 bridgehead atoms. The maximum atomic E-state index is 12.3. The third-order valence-electron chi connectivity index (χ3n) is 4.28. The van der Waals surface area contributed by atoms with Crippen LogP contribution in [0, 0.1) is 17.8 Å². The van der Waals surface area contributed by atoms with E-state index < -0.39 is 0 Å². The average molecular weight is 244 g/mol. The molecule has 1 heterocycles. The van der Waals surface area contributed by atoms with Crippen molar-refractivity contribution in [2.45, 2.75) is 25.3 Å². The smallest absolute Gasteiger partial charge is 0.226 e. The van der Waals surface area contributed by atoms with Crippen molar-refractivity contribution in [3.05, 3.63) is 0 Å². The zero-order valence-corrected chi connectivity index (χ0v) is 10.2. The van der Waals surface area contributed by atoms with Gasteiger partial charge in [0.2, 0.25) is 5.91 Å². The number of ether oxygens (including phenoxy) is 1. The molecule has 0 aromatic rings. The van der Waals surface area contributed by atoms with Gasteiger partial charge in [-0.1, -0.05) is 0 Å². The molecule has 0 radical (unpaired) electrons. The van der Waals surface area contributed by atoms with Crippen LogP contribution in [0.2, 0.25) is 0 Å². The van der Waals surface area contributed by atoms with Crippen molar-refractivity contribution < 1.29 is 9.53 Å².